The Hall–Kier alpha value is -2.89. The van der Waals surface area contributed by atoms with E-state index in [1.807, 2.05) is 6.92 Å². The number of aryl methyl sites for hydroxylation is 1. The van der Waals surface area contributed by atoms with E-state index >= 15 is 0 Å². The fourth-order valence-corrected chi connectivity index (χ4v) is 2.17. The number of esters is 1. The van der Waals surface area contributed by atoms with Crippen molar-refractivity contribution in [1.82, 2.24) is 0 Å². The molecule has 24 heavy (non-hydrogen) atoms. The van der Waals surface area contributed by atoms with E-state index in [1.165, 1.54) is 6.07 Å². The van der Waals surface area contributed by atoms with E-state index in [9.17, 15) is 14.4 Å². The zero-order chi connectivity index (χ0) is 17.5. The zero-order valence-corrected chi connectivity index (χ0v) is 13.6. The molecule has 2 aromatic rings. The third-order valence-electron chi connectivity index (χ3n) is 3.28. The van der Waals surface area contributed by atoms with Crippen LogP contribution in [0.15, 0.2) is 45.6 Å². The fourth-order valence-electron chi connectivity index (χ4n) is 2.17. The third-order valence-corrected chi connectivity index (χ3v) is 3.28. The van der Waals surface area contributed by atoms with Gasteiger partial charge in [-0.1, -0.05) is 25.1 Å². The Morgan fingerprint density at radius 1 is 1.17 bits per heavy atom. The highest BCUT2D eigenvalue weighted by atomic mass is 16.5. The first-order valence-electron chi connectivity index (χ1n) is 7.77. The predicted molar refractivity (Wildman–Crippen MR) is 89.3 cm³/mol. The normalized spacial score (nSPS) is 10.2. The van der Waals surface area contributed by atoms with Gasteiger partial charge < -0.3 is 14.5 Å². The quantitative estimate of drug-likeness (QED) is 0.823. The molecule has 1 aromatic heterocycles. The first-order valence-corrected chi connectivity index (χ1v) is 7.77. The van der Waals surface area contributed by atoms with Gasteiger partial charge in [-0.25, -0.2) is 9.59 Å². The number of ether oxygens (including phenoxy) is 1. The van der Waals surface area contributed by atoms with Gasteiger partial charge in [-0.3, -0.25) is 4.79 Å². The molecule has 1 aromatic carbocycles. The van der Waals surface area contributed by atoms with Crippen LogP contribution in [-0.4, -0.2) is 18.5 Å². The maximum atomic E-state index is 12.2. The highest BCUT2D eigenvalue weighted by Gasteiger charge is 2.19. The summed E-state index contributed by atoms with van der Waals surface area (Å²) in [6.45, 7) is 3.80. The molecular weight excluding hydrogens is 310 g/mol. The number of amides is 1. The maximum Gasteiger partial charge on any atom is 0.359 e. The number of hydrogen-bond acceptors (Lipinski definition) is 5. The van der Waals surface area contributed by atoms with Gasteiger partial charge in [-0.15, -0.1) is 0 Å². The summed E-state index contributed by atoms with van der Waals surface area (Å²) in [7, 11) is 0. The summed E-state index contributed by atoms with van der Waals surface area (Å²) in [6.07, 6.45) is 1.13. The van der Waals surface area contributed by atoms with Gasteiger partial charge in [0.05, 0.1) is 6.61 Å². The van der Waals surface area contributed by atoms with Crippen molar-refractivity contribution in [3.8, 4) is 0 Å². The first kappa shape index (κ1) is 17.5. The fraction of sp³-hybridized carbons (Fsp3) is 0.278. The lowest BCUT2D eigenvalue weighted by atomic mass is 10.1. The maximum absolute atomic E-state index is 12.2. The van der Waals surface area contributed by atoms with Crippen LogP contribution in [0.4, 0.5) is 5.69 Å². The minimum atomic E-state index is -0.698. The molecule has 1 amide bonds. The van der Waals surface area contributed by atoms with Crippen molar-refractivity contribution in [3.63, 3.8) is 0 Å². The second-order valence-electron chi connectivity index (χ2n) is 5.08. The summed E-state index contributed by atoms with van der Waals surface area (Å²) >= 11 is 0. The van der Waals surface area contributed by atoms with Crippen molar-refractivity contribution >= 4 is 17.6 Å². The van der Waals surface area contributed by atoms with Crippen molar-refractivity contribution in [1.29, 1.82) is 0 Å². The summed E-state index contributed by atoms with van der Waals surface area (Å²) in [5.41, 5.74) is -0.239. The zero-order valence-electron chi connectivity index (χ0n) is 13.6. The number of benzene rings is 1. The van der Waals surface area contributed by atoms with E-state index in [4.69, 9.17) is 9.15 Å². The number of anilines is 1. The number of hydrogen-bond donors (Lipinski definition) is 1. The summed E-state index contributed by atoms with van der Waals surface area (Å²) in [4.78, 5) is 36.3. The van der Waals surface area contributed by atoms with E-state index < -0.39 is 17.5 Å². The van der Waals surface area contributed by atoms with Gasteiger partial charge >= 0.3 is 11.6 Å². The lowest BCUT2D eigenvalue weighted by Crippen LogP contribution is -2.20. The number of rotatable bonds is 6. The van der Waals surface area contributed by atoms with Crippen LogP contribution in [0.25, 0.3) is 0 Å². The second kappa shape index (κ2) is 8.10. The summed E-state index contributed by atoms with van der Waals surface area (Å²) < 4.78 is 10.2. The van der Waals surface area contributed by atoms with E-state index in [0.29, 0.717) is 18.4 Å². The van der Waals surface area contributed by atoms with Gasteiger partial charge in [-0.05, 0) is 31.5 Å². The van der Waals surface area contributed by atoms with Crippen molar-refractivity contribution < 1.29 is 18.7 Å². The lowest BCUT2D eigenvalue weighted by Gasteiger charge is -2.10. The minimum Gasteiger partial charge on any atom is -0.462 e. The Morgan fingerprint density at radius 2 is 1.88 bits per heavy atom. The van der Waals surface area contributed by atoms with Crippen LogP contribution < -0.4 is 10.9 Å². The van der Waals surface area contributed by atoms with E-state index in [0.717, 1.165) is 0 Å². The van der Waals surface area contributed by atoms with Gasteiger partial charge in [0.2, 0.25) is 0 Å². The molecule has 0 radical (unpaired) electrons. The predicted octanol–water partition coefficient (Wildman–Crippen LogP) is 3.02. The Morgan fingerprint density at radius 3 is 2.50 bits per heavy atom. The number of carbonyl (C=O) groups is 2. The molecule has 1 N–H and O–H groups in total. The monoisotopic (exact) mass is 329 g/mol. The number of nitrogens with one attached hydrogen (secondary N) is 1. The van der Waals surface area contributed by atoms with E-state index in [1.54, 1.807) is 37.3 Å². The Bertz CT molecular complexity index is 780. The second-order valence-corrected chi connectivity index (χ2v) is 5.08. The molecule has 0 fully saturated rings. The molecule has 0 aliphatic heterocycles. The summed E-state index contributed by atoms with van der Waals surface area (Å²) in [6, 6.07) is 9.76. The average Bonchev–Trinajstić information content (AvgIpc) is 2.58. The third kappa shape index (κ3) is 4.10. The molecule has 0 bridgehead atoms. The van der Waals surface area contributed by atoms with Crippen LogP contribution in [0.2, 0.25) is 0 Å². The molecule has 0 atom stereocenters. The average molecular weight is 329 g/mol. The largest absolute Gasteiger partial charge is 0.462 e. The molecule has 0 saturated carbocycles. The van der Waals surface area contributed by atoms with Crippen molar-refractivity contribution in [2.24, 2.45) is 0 Å². The van der Waals surface area contributed by atoms with Gasteiger partial charge in [0.15, 0.2) is 0 Å². The van der Waals surface area contributed by atoms with Crippen molar-refractivity contribution in [2.75, 3.05) is 11.9 Å². The van der Waals surface area contributed by atoms with Crippen LogP contribution in [0, 0.1) is 0 Å². The molecule has 6 heteroatoms. The van der Waals surface area contributed by atoms with Gasteiger partial charge in [-0.2, -0.15) is 0 Å². The van der Waals surface area contributed by atoms with Crippen LogP contribution in [0.5, 0.6) is 0 Å². The molecule has 2 rings (SSSR count). The Balaban J connectivity index is 2.36. The van der Waals surface area contributed by atoms with Crippen molar-refractivity contribution in [2.45, 2.75) is 26.7 Å². The smallest absolute Gasteiger partial charge is 0.359 e. The highest BCUT2D eigenvalue weighted by Crippen LogP contribution is 2.16. The SMILES string of the molecule is CCCc1oc(=O)c(NC(=O)c2ccccc2)cc1C(=O)OCC. The molecule has 0 saturated heterocycles. The molecule has 0 unspecified atom stereocenters. The van der Waals surface area contributed by atoms with Gasteiger partial charge in [0.25, 0.3) is 5.91 Å². The molecule has 126 valence electrons. The molecule has 1 heterocycles. The first-order chi connectivity index (χ1) is 11.6. The summed E-state index contributed by atoms with van der Waals surface area (Å²) in [5, 5.41) is 2.48. The molecule has 0 aliphatic rings. The van der Waals surface area contributed by atoms with Crippen LogP contribution >= 0.6 is 0 Å². The van der Waals surface area contributed by atoms with E-state index in [2.05, 4.69) is 5.32 Å². The highest BCUT2D eigenvalue weighted by molar-refractivity contribution is 6.04. The molecular formula is C18H19NO5. The van der Waals surface area contributed by atoms with Gasteiger partial charge in [0.1, 0.15) is 17.0 Å². The van der Waals surface area contributed by atoms with Crippen LogP contribution in [-0.2, 0) is 11.2 Å². The standard InChI is InChI=1S/C18H19NO5/c1-3-8-15-13(17(21)23-4-2)11-14(18(22)24-15)19-16(20)12-9-6-5-7-10-12/h5-7,9-11H,3-4,8H2,1-2H3,(H,19,20). The molecule has 6 nitrogen and oxygen atoms in total. The van der Waals surface area contributed by atoms with Gasteiger partial charge in [0, 0.05) is 12.0 Å². The number of carbonyl (C=O) groups excluding carboxylic acids is 2. The molecule has 0 spiro atoms. The van der Waals surface area contributed by atoms with Crippen LogP contribution in [0.3, 0.4) is 0 Å². The lowest BCUT2D eigenvalue weighted by molar-refractivity contribution is 0.0521. The van der Waals surface area contributed by atoms with E-state index in [-0.39, 0.29) is 23.6 Å². The van der Waals surface area contributed by atoms with Crippen molar-refractivity contribution in [3.05, 3.63) is 63.7 Å². The topological polar surface area (TPSA) is 85.6 Å². The summed E-state index contributed by atoms with van der Waals surface area (Å²) in [5.74, 6) is -0.778. The molecule has 0 aliphatic carbocycles. The Labute approximate surface area is 139 Å². The minimum absolute atomic E-state index is 0.0910. The van der Waals surface area contributed by atoms with Crippen LogP contribution in [0.1, 0.15) is 46.7 Å². The Kier molecular flexibility index (Phi) is 5.89.